The number of aromatic amines is 1. The van der Waals surface area contributed by atoms with Gasteiger partial charge < -0.3 is 4.98 Å². The lowest BCUT2D eigenvalue weighted by molar-refractivity contribution is 0.803. The summed E-state index contributed by atoms with van der Waals surface area (Å²) in [6.07, 6.45) is 8.35. The standard InChI is InChI=1S/C6H7N4/c1-2-9-10(3-1)6-4-7-5-8-6/h1,3-4,9H,2H2,(H,7,8). The Hall–Kier alpha value is -1.29. The summed E-state index contributed by atoms with van der Waals surface area (Å²) in [6.45, 7) is 0.868. The predicted molar refractivity (Wildman–Crippen MR) is 37.0 cm³/mol. The quantitative estimate of drug-likeness (QED) is 0.571. The second-order valence-electron chi connectivity index (χ2n) is 1.99. The van der Waals surface area contributed by atoms with Crippen molar-refractivity contribution in [2.75, 3.05) is 11.6 Å². The maximum Gasteiger partial charge on any atom is 0.175 e. The summed E-state index contributed by atoms with van der Waals surface area (Å²) < 4.78 is 0. The van der Waals surface area contributed by atoms with Crippen LogP contribution >= 0.6 is 0 Å². The van der Waals surface area contributed by atoms with Crippen LogP contribution in [0.2, 0.25) is 0 Å². The fourth-order valence-corrected chi connectivity index (χ4v) is 0.861. The second kappa shape index (κ2) is 2.15. The molecule has 1 aliphatic heterocycles. The van der Waals surface area contributed by atoms with Crippen molar-refractivity contribution in [1.29, 1.82) is 0 Å². The van der Waals surface area contributed by atoms with Crippen LogP contribution in [0.5, 0.6) is 0 Å². The fraction of sp³-hybridized carbons (Fsp3) is 0.167. The molecule has 4 nitrogen and oxygen atoms in total. The number of rotatable bonds is 1. The first-order valence-electron chi connectivity index (χ1n) is 3.08. The van der Waals surface area contributed by atoms with E-state index in [1.54, 1.807) is 6.20 Å². The Kier molecular flexibility index (Phi) is 1.18. The molecule has 0 aliphatic carbocycles. The van der Waals surface area contributed by atoms with Crippen molar-refractivity contribution in [2.24, 2.45) is 0 Å². The Balaban J connectivity index is 2.20. The summed E-state index contributed by atoms with van der Waals surface area (Å²) in [6, 6.07) is 0. The molecule has 2 heterocycles. The highest BCUT2D eigenvalue weighted by molar-refractivity contribution is 5.39. The number of imidazole rings is 1. The summed E-state index contributed by atoms with van der Waals surface area (Å²) in [5.74, 6) is 0.841. The molecule has 1 aliphatic rings. The van der Waals surface area contributed by atoms with Gasteiger partial charge in [-0.3, -0.25) is 5.01 Å². The van der Waals surface area contributed by atoms with Crippen LogP contribution in [0.15, 0.2) is 18.5 Å². The monoisotopic (exact) mass is 135 g/mol. The van der Waals surface area contributed by atoms with Crippen LogP contribution in [-0.4, -0.2) is 16.5 Å². The van der Waals surface area contributed by atoms with Gasteiger partial charge in [-0.15, -0.1) is 0 Å². The van der Waals surface area contributed by atoms with Crippen molar-refractivity contribution in [1.82, 2.24) is 15.4 Å². The number of hydrazine groups is 1. The van der Waals surface area contributed by atoms with Crippen LogP contribution in [0.4, 0.5) is 5.82 Å². The van der Waals surface area contributed by atoms with Crippen molar-refractivity contribution < 1.29 is 0 Å². The van der Waals surface area contributed by atoms with Gasteiger partial charge in [0.15, 0.2) is 12.1 Å². The molecule has 0 saturated heterocycles. The average Bonchev–Trinajstić information content (AvgIpc) is 2.59. The summed E-state index contributed by atoms with van der Waals surface area (Å²) in [4.78, 5) is 6.68. The third-order valence-corrected chi connectivity index (χ3v) is 1.32. The molecule has 51 valence electrons. The fourth-order valence-electron chi connectivity index (χ4n) is 0.861. The smallest absolute Gasteiger partial charge is 0.175 e. The van der Waals surface area contributed by atoms with Gasteiger partial charge in [0.25, 0.3) is 0 Å². The summed E-state index contributed by atoms with van der Waals surface area (Å²) in [5.41, 5.74) is 3.08. The first-order chi connectivity index (χ1) is 4.97. The van der Waals surface area contributed by atoms with Gasteiger partial charge in [0, 0.05) is 18.9 Å². The summed E-state index contributed by atoms with van der Waals surface area (Å²) in [5, 5.41) is 1.84. The predicted octanol–water partition coefficient (Wildman–Crippen LogP) is 0.0482. The number of H-pyrrole nitrogens is 1. The van der Waals surface area contributed by atoms with Gasteiger partial charge in [0.1, 0.15) is 0 Å². The molecule has 10 heavy (non-hydrogen) atoms. The Morgan fingerprint density at radius 2 is 2.70 bits per heavy atom. The lowest BCUT2D eigenvalue weighted by Gasteiger charge is -2.10. The molecule has 2 rings (SSSR count). The highest BCUT2D eigenvalue weighted by Gasteiger charge is 2.06. The summed E-state index contributed by atoms with van der Waals surface area (Å²) >= 11 is 0. The van der Waals surface area contributed by atoms with E-state index in [0.29, 0.717) is 0 Å². The Bertz CT molecular complexity index is 226. The Morgan fingerprint density at radius 3 is 3.30 bits per heavy atom. The largest absolute Gasteiger partial charge is 0.340 e. The van der Waals surface area contributed by atoms with Gasteiger partial charge in [-0.1, -0.05) is 6.08 Å². The van der Waals surface area contributed by atoms with Gasteiger partial charge in [0.05, 0.1) is 0 Å². The summed E-state index contributed by atoms with van der Waals surface area (Å²) in [7, 11) is 0. The van der Waals surface area contributed by atoms with Crippen LogP contribution in [0.3, 0.4) is 0 Å². The highest BCUT2D eigenvalue weighted by Crippen LogP contribution is 2.07. The zero-order valence-corrected chi connectivity index (χ0v) is 5.33. The van der Waals surface area contributed by atoms with Gasteiger partial charge in [0.2, 0.25) is 0 Å². The number of anilines is 1. The van der Waals surface area contributed by atoms with Crippen LogP contribution in [0.1, 0.15) is 0 Å². The third kappa shape index (κ3) is 0.784. The maximum atomic E-state index is 3.93. The second-order valence-corrected chi connectivity index (χ2v) is 1.99. The molecule has 4 heteroatoms. The lowest BCUT2D eigenvalue weighted by Crippen LogP contribution is -2.28. The van der Waals surface area contributed by atoms with E-state index in [1.165, 1.54) is 0 Å². The Morgan fingerprint density at radius 1 is 1.70 bits per heavy atom. The van der Waals surface area contributed by atoms with Crippen LogP contribution in [-0.2, 0) is 0 Å². The third-order valence-electron chi connectivity index (χ3n) is 1.32. The minimum absolute atomic E-state index is 0.841. The van der Waals surface area contributed by atoms with E-state index >= 15 is 0 Å². The molecule has 0 bridgehead atoms. The minimum Gasteiger partial charge on any atom is -0.340 e. The molecule has 1 aromatic rings. The molecule has 0 spiro atoms. The molecule has 1 radical (unpaired) electrons. The van der Waals surface area contributed by atoms with E-state index in [4.69, 9.17) is 0 Å². The first-order valence-corrected chi connectivity index (χ1v) is 3.08. The normalized spacial score (nSPS) is 16.6. The molecule has 2 N–H and O–H groups in total. The van der Waals surface area contributed by atoms with E-state index in [9.17, 15) is 0 Å². The van der Waals surface area contributed by atoms with Crippen LogP contribution < -0.4 is 10.4 Å². The molecular formula is C6H7N4. The molecule has 0 amide bonds. The van der Waals surface area contributed by atoms with E-state index in [1.807, 2.05) is 17.3 Å². The van der Waals surface area contributed by atoms with Crippen molar-refractivity contribution in [2.45, 2.75) is 0 Å². The molecule has 1 aromatic heterocycles. The molecular weight excluding hydrogens is 128 g/mol. The van der Waals surface area contributed by atoms with Crippen molar-refractivity contribution in [3.63, 3.8) is 0 Å². The van der Waals surface area contributed by atoms with E-state index in [-0.39, 0.29) is 0 Å². The van der Waals surface area contributed by atoms with Crippen molar-refractivity contribution in [3.8, 4) is 0 Å². The molecule has 0 fully saturated rings. The topological polar surface area (TPSA) is 44.0 Å². The minimum atomic E-state index is 0.841. The van der Waals surface area contributed by atoms with E-state index < -0.39 is 0 Å². The zero-order chi connectivity index (χ0) is 6.81. The average molecular weight is 135 g/mol. The molecule has 0 atom stereocenters. The molecule has 0 aromatic carbocycles. The number of hydrogen-bond acceptors (Lipinski definition) is 3. The van der Waals surface area contributed by atoms with E-state index in [2.05, 4.69) is 21.7 Å². The van der Waals surface area contributed by atoms with Gasteiger partial charge in [-0.25, -0.2) is 10.4 Å². The zero-order valence-electron chi connectivity index (χ0n) is 5.33. The lowest BCUT2D eigenvalue weighted by atomic mass is 10.6. The first kappa shape index (κ1) is 5.49. The highest BCUT2D eigenvalue weighted by atomic mass is 15.5. The van der Waals surface area contributed by atoms with Crippen LogP contribution in [0.25, 0.3) is 0 Å². The van der Waals surface area contributed by atoms with Crippen LogP contribution in [0, 0.1) is 6.33 Å². The van der Waals surface area contributed by atoms with Gasteiger partial charge in [-0.05, 0) is 0 Å². The number of hydrogen-bond donors (Lipinski definition) is 2. The number of nitrogens with one attached hydrogen (secondary N) is 2. The Labute approximate surface area is 58.5 Å². The number of nitrogens with zero attached hydrogens (tertiary/aromatic N) is 2. The van der Waals surface area contributed by atoms with Gasteiger partial charge in [-0.2, -0.15) is 0 Å². The van der Waals surface area contributed by atoms with Gasteiger partial charge >= 0.3 is 0 Å². The molecule has 0 unspecified atom stereocenters. The molecule has 0 saturated carbocycles. The van der Waals surface area contributed by atoms with Crippen molar-refractivity contribution in [3.05, 3.63) is 24.8 Å². The van der Waals surface area contributed by atoms with E-state index in [0.717, 1.165) is 12.4 Å². The maximum absolute atomic E-state index is 3.93. The van der Waals surface area contributed by atoms with Crippen molar-refractivity contribution >= 4 is 5.82 Å². The number of aromatic nitrogens is 2. The SMILES string of the molecule is [c]1nc(N2C=CCN2)c[nH]1.